The molecule has 11 heteroatoms. The maximum atomic E-state index is 9.84. The van der Waals surface area contributed by atoms with Gasteiger partial charge in [-0.25, -0.2) is 4.79 Å². The van der Waals surface area contributed by atoms with Crippen LogP contribution >= 0.6 is 0 Å². The van der Waals surface area contributed by atoms with Crippen molar-refractivity contribution in [2.75, 3.05) is 33.5 Å². The topological polar surface area (TPSA) is 187 Å². The van der Waals surface area contributed by atoms with E-state index in [4.69, 9.17) is 20.4 Å². The van der Waals surface area contributed by atoms with E-state index in [0.29, 0.717) is 0 Å². The first-order valence-corrected chi connectivity index (χ1v) is 5.72. The van der Waals surface area contributed by atoms with E-state index in [1.165, 1.54) is 7.11 Å². The number of carboxylic acid groups (broad SMARTS) is 2. The van der Waals surface area contributed by atoms with Crippen LogP contribution in [0.5, 0.6) is 0 Å². The van der Waals surface area contributed by atoms with Crippen molar-refractivity contribution in [2.24, 2.45) is 5.41 Å². The van der Waals surface area contributed by atoms with E-state index in [1.54, 1.807) is 0 Å². The zero-order valence-corrected chi connectivity index (χ0v) is 14.2. The second-order valence-corrected chi connectivity index (χ2v) is 3.78. The van der Waals surface area contributed by atoms with Gasteiger partial charge in [0.1, 0.15) is 0 Å². The van der Waals surface area contributed by atoms with Crippen LogP contribution < -0.4 is 10.2 Å². The monoisotopic (exact) mass is 348 g/mol. The van der Waals surface area contributed by atoms with E-state index in [1.807, 2.05) is 0 Å². The Bertz CT molecular complexity index is 311. The van der Waals surface area contributed by atoms with Crippen molar-refractivity contribution in [3.05, 3.63) is 12.7 Å². The fourth-order valence-electron chi connectivity index (χ4n) is 0.501. The summed E-state index contributed by atoms with van der Waals surface area (Å²) in [6.45, 7) is 1.53. The first-order valence-electron chi connectivity index (χ1n) is 5.72. The molecule has 4 N–H and O–H groups in total. The molecule has 0 amide bonds. The summed E-state index contributed by atoms with van der Waals surface area (Å²) >= 11 is 0. The summed E-state index contributed by atoms with van der Waals surface area (Å²) in [7, 11) is 1.31. The van der Waals surface area contributed by atoms with Crippen molar-refractivity contribution >= 4 is 41.0 Å². The number of aliphatic hydroxyl groups is 4. The Hall–Kier alpha value is -1.24. The Labute approximate surface area is 149 Å². The van der Waals surface area contributed by atoms with Gasteiger partial charge in [0.25, 0.3) is 0 Å². The van der Waals surface area contributed by atoms with Crippen LogP contribution in [0.3, 0.4) is 0 Å². The van der Waals surface area contributed by atoms with E-state index in [9.17, 15) is 24.6 Å². The van der Waals surface area contributed by atoms with Gasteiger partial charge in [-0.15, -0.1) is 0 Å². The average Bonchev–Trinajstić information content (AvgIpc) is 2.49. The van der Waals surface area contributed by atoms with Crippen LogP contribution in [0.25, 0.3) is 0 Å². The smallest absolute Gasteiger partial charge is 0.550 e. The van der Waals surface area contributed by atoms with Crippen molar-refractivity contribution in [2.45, 2.75) is 6.42 Å². The average molecular weight is 349 g/mol. The van der Waals surface area contributed by atoms with Gasteiger partial charge in [0, 0.05) is 24.4 Å². The molecule has 0 radical (unpaired) electrons. The number of carbonyl (C=O) groups is 3. The van der Waals surface area contributed by atoms with Gasteiger partial charge in [0.15, 0.2) is 0 Å². The van der Waals surface area contributed by atoms with Gasteiger partial charge in [-0.05, 0) is 0 Å². The zero-order valence-electron chi connectivity index (χ0n) is 12.8. The summed E-state index contributed by atoms with van der Waals surface area (Å²) in [4.78, 5) is 28.4. The molecule has 130 valence electrons. The van der Waals surface area contributed by atoms with Gasteiger partial charge in [-0.3, -0.25) is 0 Å². The number of carbonyl (C=O) groups excluding carboxylic acids is 3. The number of hydrogen-bond donors (Lipinski definition) is 4. The zero-order chi connectivity index (χ0) is 18.2. The Morgan fingerprint density at radius 2 is 1.30 bits per heavy atom. The van der Waals surface area contributed by atoms with Crippen molar-refractivity contribution in [1.82, 2.24) is 0 Å². The predicted octanol–water partition coefficient (Wildman–Crippen LogP) is -5.22. The molecule has 0 aliphatic carbocycles. The van der Waals surface area contributed by atoms with Crippen LogP contribution in [-0.4, -0.2) is 94.9 Å². The number of rotatable bonds is 7. The quantitative estimate of drug-likeness (QED) is 0.150. The standard InChI is InChI=1S/C5H12O4.C4H6O2.C3H4O4.Mg/c6-1-5(2-7,3-8)4-9;1-3-4(5)6-2;4-2(5)1-3(6)7;/h6-9H,1-4H2;3H,1H2,2H3;1H2,(H,4,5)(H,6,7);/q;;;+2/p-2. The molecular weight excluding hydrogens is 328 g/mol. The van der Waals surface area contributed by atoms with Crippen LogP contribution in [0.4, 0.5) is 0 Å². The molecule has 10 nitrogen and oxygen atoms in total. The van der Waals surface area contributed by atoms with Crippen molar-refractivity contribution in [3.63, 3.8) is 0 Å². The molecule has 0 saturated heterocycles. The number of aliphatic hydroxyl groups excluding tert-OH is 4. The van der Waals surface area contributed by atoms with E-state index >= 15 is 0 Å². The fourth-order valence-corrected chi connectivity index (χ4v) is 0.501. The predicted molar refractivity (Wildman–Crippen MR) is 73.4 cm³/mol. The van der Waals surface area contributed by atoms with Crippen molar-refractivity contribution in [1.29, 1.82) is 0 Å². The number of carboxylic acids is 2. The molecule has 0 saturated carbocycles. The van der Waals surface area contributed by atoms with Gasteiger partial charge >= 0.3 is 29.0 Å². The van der Waals surface area contributed by atoms with E-state index in [0.717, 1.165) is 6.08 Å². The minimum Gasteiger partial charge on any atom is -0.550 e. The van der Waals surface area contributed by atoms with Crippen molar-refractivity contribution in [3.8, 4) is 0 Å². The van der Waals surface area contributed by atoms with Gasteiger partial charge in [-0.1, -0.05) is 6.58 Å². The molecule has 0 aromatic rings. The minimum atomic E-state index is -1.63. The van der Waals surface area contributed by atoms with E-state index < -0.39 is 56.2 Å². The maximum absolute atomic E-state index is 9.84. The molecule has 0 aliphatic heterocycles. The SMILES string of the molecule is C=CC(=O)OC.O=C([O-])CC(=O)[O-].OCC(CO)(CO)CO.[Mg+2]. The van der Waals surface area contributed by atoms with Crippen LogP contribution in [0.15, 0.2) is 12.7 Å². The van der Waals surface area contributed by atoms with Gasteiger partial charge in [-0.2, -0.15) is 0 Å². The summed E-state index contributed by atoms with van der Waals surface area (Å²) in [5.74, 6) is -3.64. The molecule has 0 bridgehead atoms. The Morgan fingerprint density at radius 1 is 1.00 bits per heavy atom. The molecule has 0 aromatic heterocycles. The second-order valence-electron chi connectivity index (χ2n) is 3.78. The fraction of sp³-hybridized carbons (Fsp3) is 0.583. The normalized spacial score (nSPS) is 8.91. The van der Waals surface area contributed by atoms with Crippen LogP contribution in [0.1, 0.15) is 6.42 Å². The van der Waals surface area contributed by atoms with Gasteiger partial charge in [0.05, 0.1) is 39.0 Å². The Morgan fingerprint density at radius 3 is 1.30 bits per heavy atom. The third-order valence-corrected chi connectivity index (χ3v) is 2.00. The Balaban J connectivity index is -0.000000118. The molecule has 0 aromatic carbocycles. The molecular formula is C12H20MgO10. The molecule has 0 rings (SSSR count). The summed E-state index contributed by atoms with van der Waals surface area (Å²) in [5.41, 5.74) is -1.11. The molecule has 0 spiro atoms. The third kappa shape index (κ3) is 20.8. The Kier molecular flexibility index (Phi) is 24.3. The van der Waals surface area contributed by atoms with Crippen LogP contribution in [-0.2, 0) is 19.1 Å². The largest absolute Gasteiger partial charge is 2.00 e. The number of ether oxygens (including phenoxy) is 1. The molecule has 0 heterocycles. The summed E-state index contributed by atoms with van der Waals surface area (Å²) in [5, 5.41) is 52.5. The number of methoxy groups -OCH3 is 1. The summed E-state index contributed by atoms with van der Waals surface area (Å²) in [6.07, 6.45) is 0.0833. The number of aliphatic carboxylic acids is 2. The molecule has 0 aliphatic rings. The van der Waals surface area contributed by atoms with E-state index in [2.05, 4.69) is 11.3 Å². The summed E-state index contributed by atoms with van der Waals surface area (Å²) in [6, 6.07) is 0. The molecule has 0 atom stereocenters. The van der Waals surface area contributed by atoms with Crippen LogP contribution in [0.2, 0.25) is 0 Å². The van der Waals surface area contributed by atoms with E-state index in [-0.39, 0.29) is 23.1 Å². The number of esters is 1. The second kappa shape index (κ2) is 18.8. The van der Waals surface area contributed by atoms with Gasteiger partial charge in [0.2, 0.25) is 0 Å². The first-order chi connectivity index (χ1) is 10.2. The maximum Gasteiger partial charge on any atom is 2.00 e. The number of hydrogen-bond acceptors (Lipinski definition) is 10. The summed E-state index contributed by atoms with van der Waals surface area (Å²) < 4.78 is 4.14. The minimum absolute atomic E-state index is 0. The van der Waals surface area contributed by atoms with Gasteiger partial charge < -0.3 is 45.0 Å². The first kappa shape index (κ1) is 29.7. The molecule has 23 heavy (non-hydrogen) atoms. The van der Waals surface area contributed by atoms with Crippen LogP contribution in [0, 0.1) is 5.41 Å². The molecule has 0 fully saturated rings. The third-order valence-electron chi connectivity index (χ3n) is 2.00. The van der Waals surface area contributed by atoms with Crippen molar-refractivity contribution < 1.29 is 49.8 Å². The molecule has 0 unspecified atom stereocenters.